The Morgan fingerprint density at radius 3 is 2.59 bits per heavy atom. The average molecular weight is 375 g/mol. The molecule has 2 aromatic rings. The molecular weight excluding hydrogens is 356 g/mol. The minimum absolute atomic E-state index is 0.0648. The lowest BCUT2D eigenvalue weighted by Gasteiger charge is -2.36. The molecule has 0 bridgehead atoms. The van der Waals surface area contributed by atoms with Gasteiger partial charge >= 0.3 is 12.0 Å². The molecule has 0 spiro atoms. The van der Waals surface area contributed by atoms with Gasteiger partial charge in [0.15, 0.2) is 0 Å². The number of piperazine rings is 1. The smallest absolute Gasteiger partial charge is 0.335 e. The summed E-state index contributed by atoms with van der Waals surface area (Å²) in [5.74, 6) is -2.25. The van der Waals surface area contributed by atoms with Crippen molar-refractivity contribution in [2.75, 3.05) is 19.6 Å². The van der Waals surface area contributed by atoms with Gasteiger partial charge in [0.25, 0.3) is 0 Å². The van der Waals surface area contributed by atoms with Crippen LogP contribution < -0.4 is 10.6 Å². The molecule has 1 aliphatic heterocycles. The van der Waals surface area contributed by atoms with Crippen molar-refractivity contribution >= 4 is 12.0 Å². The van der Waals surface area contributed by atoms with E-state index in [2.05, 4.69) is 10.6 Å². The van der Waals surface area contributed by atoms with Crippen LogP contribution in [0.4, 0.5) is 13.6 Å². The van der Waals surface area contributed by atoms with Crippen molar-refractivity contribution in [3.8, 4) is 0 Å². The van der Waals surface area contributed by atoms with Gasteiger partial charge in [-0.15, -0.1) is 0 Å². The van der Waals surface area contributed by atoms with Crippen molar-refractivity contribution in [1.82, 2.24) is 15.5 Å². The van der Waals surface area contributed by atoms with Crippen molar-refractivity contribution in [3.05, 3.63) is 70.8 Å². The van der Waals surface area contributed by atoms with E-state index in [0.717, 1.165) is 11.6 Å². The van der Waals surface area contributed by atoms with Crippen LogP contribution in [0.2, 0.25) is 0 Å². The van der Waals surface area contributed by atoms with Gasteiger partial charge < -0.3 is 20.6 Å². The number of halogens is 2. The monoisotopic (exact) mass is 375 g/mol. The molecule has 0 radical (unpaired) electrons. The van der Waals surface area contributed by atoms with Gasteiger partial charge in [-0.05, 0) is 29.8 Å². The van der Waals surface area contributed by atoms with Gasteiger partial charge in [-0.25, -0.2) is 18.4 Å². The second-order valence-electron chi connectivity index (χ2n) is 6.23. The van der Waals surface area contributed by atoms with Crippen LogP contribution in [0.3, 0.4) is 0 Å². The molecule has 2 aromatic carbocycles. The molecule has 1 heterocycles. The van der Waals surface area contributed by atoms with Crippen LogP contribution in [0, 0.1) is 11.6 Å². The first kappa shape index (κ1) is 18.8. The number of nitrogens with one attached hydrogen (secondary N) is 2. The third-order valence-electron chi connectivity index (χ3n) is 4.49. The van der Waals surface area contributed by atoms with E-state index in [1.54, 1.807) is 17.0 Å². The zero-order chi connectivity index (χ0) is 19.4. The Morgan fingerprint density at radius 2 is 1.93 bits per heavy atom. The van der Waals surface area contributed by atoms with Crippen molar-refractivity contribution in [2.45, 2.75) is 12.6 Å². The Kier molecular flexibility index (Phi) is 5.66. The number of carbonyl (C=O) groups excluding carboxylic acids is 1. The second kappa shape index (κ2) is 8.13. The molecule has 1 saturated heterocycles. The fourth-order valence-corrected chi connectivity index (χ4v) is 3.03. The molecule has 1 unspecified atom stereocenters. The average Bonchev–Trinajstić information content (AvgIpc) is 2.67. The molecule has 8 heteroatoms. The predicted octanol–water partition coefficient (Wildman–Crippen LogP) is 2.52. The van der Waals surface area contributed by atoms with Crippen LogP contribution in [0.15, 0.2) is 42.5 Å². The van der Waals surface area contributed by atoms with Crippen LogP contribution >= 0.6 is 0 Å². The minimum atomic E-state index is -1.22. The fourth-order valence-electron chi connectivity index (χ4n) is 3.03. The highest BCUT2D eigenvalue weighted by Crippen LogP contribution is 2.22. The summed E-state index contributed by atoms with van der Waals surface area (Å²) in [4.78, 5) is 25.1. The van der Waals surface area contributed by atoms with Crippen molar-refractivity contribution in [2.24, 2.45) is 0 Å². The van der Waals surface area contributed by atoms with Crippen LogP contribution in [0.1, 0.15) is 27.5 Å². The van der Waals surface area contributed by atoms with Gasteiger partial charge in [0, 0.05) is 31.7 Å². The summed E-state index contributed by atoms with van der Waals surface area (Å²) in [6, 6.07) is 8.89. The Balaban J connectivity index is 1.68. The number of hydrogen-bond acceptors (Lipinski definition) is 3. The van der Waals surface area contributed by atoms with Gasteiger partial charge in [-0.2, -0.15) is 0 Å². The molecule has 6 nitrogen and oxygen atoms in total. The van der Waals surface area contributed by atoms with E-state index in [0.29, 0.717) is 19.6 Å². The largest absolute Gasteiger partial charge is 0.478 e. The van der Waals surface area contributed by atoms with E-state index in [1.807, 2.05) is 0 Å². The molecule has 27 heavy (non-hydrogen) atoms. The number of carboxylic acids is 1. The maximum atomic E-state index is 14.0. The molecule has 3 N–H and O–H groups in total. The highest BCUT2D eigenvalue weighted by molar-refractivity contribution is 5.87. The second-order valence-corrected chi connectivity index (χ2v) is 6.23. The topological polar surface area (TPSA) is 81.7 Å². The quantitative estimate of drug-likeness (QED) is 0.767. The summed E-state index contributed by atoms with van der Waals surface area (Å²) < 4.78 is 27.2. The number of hydrogen-bond donors (Lipinski definition) is 3. The molecular formula is C19H19F2N3O3. The van der Waals surface area contributed by atoms with E-state index in [4.69, 9.17) is 5.11 Å². The Labute approximate surface area is 154 Å². The number of amides is 2. The van der Waals surface area contributed by atoms with Crippen molar-refractivity contribution < 1.29 is 23.5 Å². The van der Waals surface area contributed by atoms with E-state index in [9.17, 15) is 18.4 Å². The third kappa shape index (κ3) is 4.40. The molecule has 3 rings (SSSR count). The van der Waals surface area contributed by atoms with Crippen LogP contribution in [0.25, 0.3) is 0 Å². The molecule has 0 aromatic heterocycles. The lowest BCUT2D eigenvalue weighted by atomic mass is 10.0. The van der Waals surface area contributed by atoms with E-state index in [1.165, 1.54) is 24.3 Å². The number of nitrogens with zero attached hydrogens (tertiary/aromatic N) is 1. The zero-order valence-electron chi connectivity index (χ0n) is 14.4. The minimum Gasteiger partial charge on any atom is -0.478 e. The van der Waals surface area contributed by atoms with Crippen molar-refractivity contribution in [1.29, 1.82) is 0 Å². The number of rotatable bonds is 4. The first-order valence-corrected chi connectivity index (χ1v) is 8.48. The Bertz CT molecular complexity index is 843. The first-order chi connectivity index (χ1) is 13.0. The highest BCUT2D eigenvalue weighted by Gasteiger charge is 2.27. The van der Waals surface area contributed by atoms with E-state index >= 15 is 0 Å². The van der Waals surface area contributed by atoms with Crippen LogP contribution in [-0.2, 0) is 6.54 Å². The maximum absolute atomic E-state index is 14.0. The number of benzene rings is 2. The SMILES string of the molecule is O=C(O)c1ccc(CNC(=O)N2CCNCC2c2ccc(F)cc2)c(F)c1. The lowest BCUT2D eigenvalue weighted by molar-refractivity contribution is 0.0696. The summed E-state index contributed by atoms with van der Waals surface area (Å²) in [6.07, 6.45) is 0. The van der Waals surface area contributed by atoms with E-state index in [-0.39, 0.29) is 35.6 Å². The molecule has 2 amide bonds. The third-order valence-corrected chi connectivity index (χ3v) is 4.49. The van der Waals surface area contributed by atoms with Crippen LogP contribution in [0.5, 0.6) is 0 Å². The van der Waals surface area contributed by atoms with Crippen LogP contribution in [-0.4, -0.2) is 41.6 Å². The predicted molar refractivity (Wildman–Crippen MR) is 94.3 cm³/mol. The standard InChI is InChI=1S/C19H19F2N3O3/c20-15-5-3-12(4-6-15)17-11-22-7-8-24(17)19(27)23-10-14-2-1-13(18(25)26)9-16(14)21/h1-6,9,17,22H,7-8,10-11H2,(H,23,27)(H,25,26). The van der Waals surface area contributed by atoms with Crippen molar-refractivity contribution in [3.63, 3.8) is 0 Å². The molecule has 0 aliphatic carbocycles. The van der Waals surface area contributed by atoms with Gasteiger partial charge in [-0.1, -0.05) is 18.2 Å². The molecule has 1 fully saturated rings. The molecule has 1 aliphatic rings. The van der Waals surface area contributed by atoms with E-state index < -0.39 is 11.8 Å². The zero-order valence-corrected chi connectivity index (χ0v) is 14.4. The molecule has 142 valence electrons. The highest BCUT2D eigenvalue weighted by atomic mass is 19.1. The molecule has 1 atom stereocenters. The van der Waals surface area contributed by atoms with Gasteiger partial charge in [0.05, 0.1) is 11.6 Å². The Morgan fingerprint density at radius 1 is 1.19 bits per heavy atom. The molecule has 0 saturated carbocycles. The number of carboxylic acid groups (broad SMARTS) is 1. The Hall–Kier alpha value is -3.00. The summed E-state index contributed by atoms with van der Waals surface area (Å²) >= 11 is 0. The number of carbonyl (C=O) groups is 2. The summed E-state index contributed by atoms with van der Waals surface area (Å²) in [7, 11) is 0. The summed E-state index contributed by atoms with van der Waals surface area (Å²) in [5, 5.41) is 14.7. The number of urea groups is 1. The summed E-state index contributed by atoms with van der Waals surface area (Å²) in [6.45, 7) is 1.53. The van der Waals surface area contributed by atoms with Gasteiger partial charge in [0.1, 0.15) is 11.6 Å². The maximum Gasteiger partial charge on any atom is 0.335 e. The number of aromatic carboxylic acids is 1. The van der Waals surface area contributed by atoms with Gasteiger partial charge in [-0.3, -0.25) is 0 Å². The fraction of sp³-hybridized carbons (Fsp3) is 0.263. The summed E-state index contributed by atoms with van der Waals surface area (Å²) in [5.41, 5.74) is 0.846. The van der Waals surface area contributed by atoms with Gasteiger partial charge in [0.2, 0.25) is 0 Å². The normalized spacial score (nSPS) is 16.8. The first-order valence-electron chi connectivity index (χ1n) is 8.48. The lowest BCUT2D eigenvalue weighted by Crippen LogP contribution is -2.51.